The van der Waals surface area contributed by atoms with Crippen LogP contribution in [0.3, 0.4) is 0 Å². The molecule has 2 N–H and O–H groups in total. The van der Waals surface area contributed by atoms with E-state index in [1.807, 2.05) is 0 Å². The van der Waals surface area contributed by atoms with Gasteiger partial charge in [0.25, 0.3) is 0 Å². The molecule has 0 aliphatic carbocycles. The van der Waals surface area contributed by atoms with Crippen LogP contribution in [0.15, 0.2) is 0 Å². The molecule has 0 spiro atoms. The largest absolute Gasteiger partial charge is 0.481 e. The summed E-state index contributed by atoms with van der Waals surface area (Å²) < 4.78 is 0. The molecule has 6 heteroatoms. The van der Waals surface area contributed by atoms with Crippen molar-refractivity contribution in [2.24, 2.45) is 5.92 Å². The van der Waals surface area contributed by atoms with Gasteiger partial charge < -0.3 is 15.3 Å². The minimum absolute atomic E-state index is 0.00856. The third-order valence-electron chi connectivity index (χ3n) is 3.38. The normalized spacial score (nSPS) is 29.3. The van der Waals surface area contributed by atoms with Gasteiger partial charge in [-0.2, -0.15) is 0 Å². The van der Waals surface area contributed by atoms with Crippen molar-refractivity contribution in [3.05, 3.63) is 0 Å². The van der Waals surface area contributed by atoms with Gasteiger partial charge in [-0.3, -0.25) is 14.4 Å². The Bertz CT molecular complexity index is 355. The molecule has 0 saturated carbocycles. The summed E-state index contributed by atoms with van der Waals surface area (Å²) in [4.78, 5) is 35.1. The molecule has 2 saturated heterocycles. The lowest BCUT2D eigenvalue weighted by Crippen LogP contribution is -2.47. The zero-order chi connectivity index (χ0) is 12.4. The van der Waals surface area contributed by atoms with E-state index in [9.17, 15) is 14.4 Å². The molecule has 2 heterocycles. The van der Waals surface area contributed by atoms with Gasteiger partial charge in [-0.05, 0) is 12.8 Å². The number of carbonyl (C=O) groups is 3. The Morgan fingerprint density at radius 3 is 2.71 bits per heavy atom. The highest BCUT2D eigenvalue weighted by molar-refractivity contribution is 5.81. The van der Waals surface area contributed by atoms with Gasteiger partial charge in [0, 0.05) is 32.0 Å². The molecule has 2 unspecified atom stereocenters. The molecule has 2 aliphatic rings. The molecule has 94 valence electrons. The minimum atomic E-state index is -0.849. The second-order valence-corrected chi connectivity index (χ2v) is 4.68. The summed E-state index contributed by atoms with van der Waals surface area (Å²) in [5.41, 5.74) is 0. The average molecular weight is 240 g/mol. The number of piperidine rings is 1. The Morgan fingerprint density at radius 2 is 2.12 bits per heavy atom. The van der Waals surface area contributed by atoms with Crippen LogP contribution in [0.5, 0.6) is 0 Å². The minimum Gasteiger partial charge on any atom is -0.481 e. The van der Waals surface area contributed by atoms with Crippen molar-refractivity contribution in [3.63, 3.8) is 0 Å². The first-order chi connectivity index (χ1) is 8.06. The Hall–Kier alpha value is -1.59. The molecule has 17 heavy (non-hydrogen) atoms. The number of likely N-dealkylation sites (tertiary alicyclic amines) is 1. The van der Waals surface area contributed by atoms with E-state index in [0.717, 1.165) is 6.42 Å². The molecule has 6 nitrogen and oxygen atoms in total. The lowest BCUT2D eigenvalue weighted by molar-refractivity contribution is -0.147. The molecule has 2 aliphatic heterocycles. The average Bonchev–Trinajstić information content (AvgIpc) is 2.67. The van der Waals surface area contributed by atoms with Crippen LogP contribution in [0.2, 0.25) is 0 Å². The van der Waals surface area contributed by atoms with Gasteiger partial charge in [-0.1, -0.05) is 0 Å². The topological polar surface area (TPSA) is 86.7 Å². The van der Waals surface area contributed by atoms with Crippen molar-refractivity contribution in [1.82, 2.24) is 10.2 Å². The number of hydrogen-bond acceptors (Lipinski definition) is 3. The number of carbonyl (C=O) groups excluding carboxylic acids is 2. The van der Waals surface area contributed by atoms with Crippen LogP contribution in [-0.2, 0) is 14.4 Å². The summed E-state index contributed by atoms with van der Waals surface area (Å²) in [6.07, 6.45) is 1.93. The van der Waals surface area contributed by atoms with Crippen molar-refractivity contribution in [3.8, 4) is 0 Å². The lowest BCUT2D eigenvalue weighted by atomic mass is 9.97. The maximum atomic E-state index is 11.7. The smallest absolute Gasteiger partial charge is 0.308 e. The highest BCUT2D eigenvalue weighted by atomic mass is 16.4. The second-order valence-electron chi connectivity index (χ2n) is 4.68. The molecule has 0 radical (unpaired) electrons. The molecule has 2 amide bonds. The Balaban J connectivity index is 1.91. The number of amides is 2. The number of rotatable bonds is 3. The van der Waals surface area contributed by atoms with Gasteiger partial charge in [0.2, 0.25) is 11.8 Å². The fourth-order valence-electron chi connectivity index (χ4n) is 2.37. The summed E-state index contributed by atoms with van der Waals surface area (Å²) in [5.74, 6) is -1.32. The zero-order valence-electron chi connectivity index (χ0n) is 9.52. The lowest BCUT2D eigenvalue weighted by Gasteiger charge is -2.32. The number of carboxylic acids is 1. The van der Waals surface area contributed by atoms with Crippen LogP contribution < -0.4 is 5.32 Å². The maximum absolute atomic E-state index is 11.7. The maximum Gasteiger partial charge on any atom is 0.308 e. The van der Waals surface area contributed by atoms with Crippen molar-refractivity contribution in [2.75, 3.05) is 13.1 Å². The van der Waals surface area contributed by atoms with Crippen LogP contribution >= 0.6 is 0 Å². The van der Waals surface area contributed by atoms with E-state index < -0.39 is 11.9 Å². The quantitative estimate of drug-likeness (QED) is 0.702. The predicted octanol–water partition coefficient (Wildman–Crippen LogP) is -0.412. The Kier molecular flexibility index (Phi) is 3.31. The number of nitrogens with one attached hydrogen (secondary N) is 1. The third kappa shape index (κ3) is 2.75. The summed E-state index contributed by atoms with van der Waals surface area (Å²) >= 11 is 0. The van der Waals surface area contributed by atoms with Crippen LogP contribution in [-0.4, -0.2) is 46.9 Å². The van der Waals surface area contributed by atoms with Crippen molar-refractivity contribution < 1.29 is 19.5 Å². The fraction of sp³-hybridized carbons (Fsp3) is 0.727. The summed E-state index contributed by atoms with van der Waals surface area (Å²) in [7, 11) is 0. The van der Waals surface area contributed by atoms with E-state index in [1.54, 1.807) is 4.90 Å². The number of aliphatic carboxylic acids is 1. The second kappa shape index (κ2) is 4.73. The summed E-state index contributed by atoms with van der Waals surface area (Å²) in [6.45, 7) is 0.703. The van der Waals surface area contributed by atoms with E-state index in [0.29, 0.717) is 19.4 Å². The summed E-state index contributed by atoms with van der Waals surface area (Å²) in [5, 5.41) is 11.7. The number of hydrogen-bond donors (Lipinski definition) is 2. The molecule has 0 bridgehead atoms. The van der Waals surface area contributed by atoms with Gasteiger partial charge in [0.15, 0.2) is 0 Å². The molecule has 2 rings (SSSR count). The van der Waals surface area contributed by atoms with Gasteiger partial charge in [-0.15, -0.1) is 0 Å². The molecule has 2 atom stereocenters. The van der Waals surface area contributed by atoms with E-state index in [4.69, 9.17) is 5.11 Å². The highest BCUT2D eigenvalue weighted by Crippen LogP contribution is 2.19. The van der Waals surface area contributed by atoms with E-state index in [-0.39, 0.29) is 30.8 Å². The first kappa shape index (κ1) is 11.9. The standard InChI is InChI=1S/C11H16N2O4/c14-9-3-2-8(12-9)6-13-5-7(11(16)17)1-4-10(13)15/h7-8H,1-6H2,(H,12,14)(H,16,17). The first-order valence-corrected chi connectivity index (χ1v) is 5.86. The van der Waals surface area contributed by atoms with Gasteiger partial charge in [0.05, 0.1) is 5.92 Å². The zero-order valence-corrected chi connectivity index (χ0v) is 9.52. The van der Waals surface area contributed by atoms with Gasteiger partial charge >= 0.3 is 5.97 Å². The van der Waals surface area contributed by atoms with Crippen molar-refractivity contribution in [2.45, 2.75) is 31.7 Å². The van der Waals surface area contributed by atoms with E-state index >= 15 is 0 Å². The molecule has 0 aromatic rings. The summed E-state index contributed by atoms with van der Waals surface area (Å²) in [6, 6.07) is -0.0148. The molecule has 0 aromatic carbocycles. The predicted molar refractivity (Wildman–Crippen MR) is 58.1 cm³/mol. The SMILES string of the molecule is O=C1CCC(CN2CC(C(=O)O)CCC2=O)N1. The van der Waals surface area contributed by atoms with E-state index in [1.165, 1.54) is 0 Å². The highest BCUT2D eigenvalue weighted by Gasteiger charge is 2.32. The van der Waals surface area contributed by atoms with Crippen molar-refractivity contribution >= 4 is 17.8 Å². The van der Waals surface area contributed by atoms with Crippen LogP contribution in [0, 0.1) is 5.92 Å². The molecule has 2 fully saturated rings. The number of carboxylic acid groups (broad SMARTS) is 1. The Morgan fingerprint density at radius 1 is 1.35 bits per heavy atom. The first-order valence-electron chi connectivity index (χ1n) is 5.86. The van der Waals surface area contributed by atoms with Crippen LogP contribution in [0.25, 0.3) is 0 Å². The fourth-order valence-corrected chi connectivity index (χ4v) is 2.37. The number of nitrogens with zero attached hydrogens (tertiary/aromatic N) is 1. The van der Waals surface area contributed by atoms with Gasteiger partial charge in [0.1, 0.15) is 0 Å². The van der Waals surface area contributed by atoms with E-state index in [2.05, 4.69) is 5.32 Å². The van der Waals surface area contributed by atoms with Crippen LogP contribution in [0.4, 0.5) is 0 Å². The Labute approximate surface area is 99.0 Å². The van der Waals surface area contributed by atoms with Crippen molar-refractivity contribution in [1.29, 1.82) is 0 Å². The third-order valence-corrected chi connectivity index (χ3v) is 3.38. The molecular formula is C11H16N2O4. The monoisotopic (exact) mass is 240 g/mol. The molecular weight excluding hydrogens is 224 g/mol. The molecule has 0 aromatic heterocycles. The van der Waals surface area contributed by atoms with Crippen LogP contribution in [0.1, 0.15) is 25.7 Å². The van der Waals surface area contributed by atoms with Gasteiger partial charge in [-0.25, -0.2) is 0 Å².